The van der Waals surface area contributed by atoms with Crippen molar-refractivity contribution in [1.82, 2.24) is 9.97 Å². The van der Waals surface area contributed by atoms with Gasteiger partial charge < -0.3 is 10.1 Å². The summed E-state index contributed by atoms with van der Waals surface area (Å²) in [6, 6.07) is 24.9. The van der Waals surface area contributed by atoms with Gasteiger partial charge in [-0.05, 0) is 35.7 Å². The van der Waals surface area contributed by atoms with Crippen LogP contribution >= 0.6 is 0 Å². The molecule has 0 saturated carbocycles. The molecule has 1 amide bonds. The van der Waals surface area contributed by atoms with Gasteiger partial charge in [0, 0.05) is 29.7 Å². The van der Waals surface area contributed by atoms with Crippen LogP contribution in [-0.2, 0) is 6.42 Å². The van der Waals surface area contributed by atoms with Gasteiger partial charge in [-0.25, -0.2) is 4.98 Å². The van der Waals surface area contributed by atoms with Gasteiger partial charge in [0.25, 0.3) is 5.91 Å². The van der Waals surface area contributed by atoms with Crippen molar-refractivity contribution in [3.63, 3.8) is 0 Å². The maximum absolute atomic E-state index is 12.9. The molecule has 1 N–H and O–H groups in total. The highest BCUT2D eigenvalue weighted by Gasteiger charge is 2.12. The summed E-state index contributed by atoms with van der Waals surface area (Å²) in [7, 11) is 0. The first-order chi connectivity index (χ1) is 14.3. The molecule has 5 nitrogen and oxygen atoms in total. The third-order valence-corrected chi connectivity index (χ3v) is 4.35. The second-order valence-corrected chi connectivity index (χ2v) is 6.45. The smallest absolute Gasteiger partial charge is 0.255 e. The number of carbonyl (C=O) groups is 1. The van der Waals surface area contributed by atoms with Gasteiger partial charge in [0.2, 0.25) is 5.88 Å². The molecular weight excluding hydrogens is 362 g/mol. The molecule has 0 aliphatic rings. The molecule has 0 unspecified atom stereocenters. The van der Waals surface area contributed by atoms with Crippen LogP contribution in [0.2, 0.25) is 0 Å². The van der Waals surface area contributed by atoms with Crippen molar-refractivity contribution in [2.75, 3.05) is 5.32 Å². The Labute approximate surface area is 169 Å². The molecular formula is C24H19N3O2. The summed E-state index contributed by atoms with van der Waals surface area (Å²) in [6.45, 7) is 0. The number of hydrogen-bond acceptors (Lipinski definition) is 4. The van der Waals surface area contributed by atoms with Gasteiger partial charge in [-0.1, -0.05) is 54.6 Å². The van der Waals surface area contributed by atoms with E-state index in [-0.39, 0.29) is 5.91 Å². The quantitative estimate of drug-likeness (QED) is 0.504. The minimum Gasteiger partial charge on any atom is -0.437 e. The number of nitrogens with one attached hydrogen (secondary N) is 1. The number of aromatic nitrogens is 2. The summed E-state index contributed by atoms with van der Waals surface area (Å²) in [4.78, 5) is 21.0. The fourth-order valence-corrected chi connectivity index (χ4v) is 3.01. The van der Waals surface area contributed by atoms with Gasteiger partial charge >= 0.3 is 0 Å². The number of amides is 1. The molecule has 4 rings (SSSR count). The van der Waals surface area contributed by atoms with Gasteiger partial charge in [0.1, 0.15) is 5.75 Å². The summed E-state index contributed by atoms with van der Waals surface area (Å²) < 4.78 is 5.68. The lowest BCUT2D eigenvalue weighted by atomic mass is 9.99. The molecule has 142 valence electrons. The molecule has 0 atom stereocenters. The van der Waals surface area contributed by atoms with Crippen LogP contribution in [0.1, 0.15) is 21.5 Å². The molecule has 0 aliphatic heterocycles. The topological polar surface area (TPSA) is 64.1 Å². The molecule has 1 aromatic heterocycles. The zero-order valence-corrected chi connectivity index (χ0v) is 15.7. The van der Waals surface area contributed by atoms with Crippen LogP contribution in [0.15, 0.2) is 97.5 Å². The van der Waals surface area contributed by atoms with E-state index in [4.69, 9.17) is 4.74 Å². The number of benzene rings is 3. The summed E-state index contributed by atoms with van der Waals surface area (Å²) in [5.41, 5.74) is 3.43. The van der Waals surface area contributed by atoms with E-state index in [0.29, 0.717) is 29.3 Å². The number of nitrogens with zero attached hydrogens (tertiary/aromatic N) is 2. The molecule has 0 radical (unpaired) electrons. The Hall–Kier alpha value is -3.99. The van der Waals surface area contributed by atoms with E-state index >= 15 is 0 Å². The lowest BCUT2D eigenvalue weighted by Gasteiger charge is -2.11. The van der Waals surface area contributed by atoms with Crippen molar-refractivity contribution < 1.29 is 9.53 Å². The van der Waals surface area contributed by atoms with Crippen LogP contribution in [0.3, 0.4) is 0 Å². The Kier molecular flexibility index (Phi) is 5.58. The van der Waals surface area contributed by atoms with E-state index in [2.05, 4.69) is 27.4 Å². The second-order valence-electron chi connectivity index (χ2n) is 6.45. The lowest BCUT2D eigenvalue weighted by molar-refractivity contribution is 0.102. The number of carbonyl (C=O) groups excluding carboxylic acids is 1. The Morgan fingerprint density at radius 1 is 0.897 bits per heavy atom. The largest absolute Gasteiger partial charge is 0.437 e. The maximum Gasteiger partial charge on any atom is 0.255 e. The normalized spacial score (nSPS) is 10.3. The van der Waals surface area contributed by atoms with Crippen LogP contribution in [0.5, 0.6) is 11.6 Å². The second kappa shape index (κ2) is 8.80. The lowest BCUT2D eigenvalue weighted by Crippen LogP contribution is -2.14. The van der Waals surface area contributed by atoms with E-state index in [1.54, 1.807) is 24.5 Å². The van der Waals surface area contributed by atoms with Crippen molar-refractivity contribution >= 4 is 11.6 Å². The average Bonchev–Trinajstić information content (AvgIpc) is 2.76. The minimum atomic E-state index is -0.159. The van der Waals surface area contributed by atoms with Gasteiger partial charge in [-0.3, -0.25) is 9.78 Å². The number of rotatable bonds is 6. The zero-order valence-electron chi connectivity index (χ0n) is 15.7. The highest BCUT2D eigenvalue weighted by Crippen LogP contribution is 2.23. The summed E-state index contributed by atoms with van der Waals surface area (Å²) in [6.07, 6.45) is 5.37. The van der Waals surface area contributed by atoms with Crippen molar-refractivity contribution in [3.05, 3.63) is 114 Å². The predicted molar refractivity (Wildman–Crippen MR) is 112 cm³/mol. The molecule has 4 aromatic rings. The number of hydrogen-bond donors (Lipinski definition) is 1. The van der Waals surface area contributed by atoms with E-state index in [9.17, 15) is 4.79 Å². The van der Waals surface area contributed by atoms with Crippen LogP contribution in [-0.4, -0.2) is 15.9 Å². The van der Waals surface area contributed by atoms with Gasteiger partial charge in [-0.15, -0.1) is 0 Å². The summed E-state index contributed by atoms with van der Waals surface area (Å²) in [5, 5.41) is 2.96. The van der Waals surface area contributed by atoms with E-state index in [1.807, 2.05) is 54.6 Å². The Morgan fingerprint density at radius 3 is 2.55 bits per heavy atom. The molecule has 0 saturated heterocycles. The van der Waals surface area contributed by atoms with Crippen molar-refractivity contribution in [2.45, 2.75) is 6.42 Å². The molecule has 3 aromatic carbocycles. The van der Waals surface area contributed by atoms with Crippen molar-refractivity contribution in [3.8, 4) is 11.6 Å². The number of anilines is 1. The molecule has 0 fully saturated rings. The summed E-state index contributed by atoms with van der Waals surface area (Å²) >= 11 is 0. The van der Waals surface area contributed by atoms with Crippen molar-refractivity contribution in [2.24, 2.45) is 0 Å². The monoisotopic (exact) mass is 381 g/mol. The SMILES string of the molecule is O=C(Nc1cccc(Oc2cnccn2)c1)c1ccccc1Cc1ccccc1. The Morgan fingerprint density at radius 2 is 1.72 bits per heavy atom. The highest BCUT2D eigenvalue weighted by molar-refractivity contribution is 6.05. The zero-order chi connectivity index (χ0) is 19.9. The molecule has 0 bridgehead atoms. The van der Waals surface area contributed by atoms with Crippen LogP contribution in [0.4, 0.5) is 5.69 Å². The average molecular weight is 381 g/mol. The fraction of sp³-hybridized carbons (Fsp3) is 0.0417. The summed E-state index contributed by atoms with van der Waals surface area (Å²) in [5.74, 6) is 0.804. The van der Waals surface area contributed by atoms with Crippen LogP contribution in [0.25, 0.3) is 0 Å². The Bertz CT molecular complexity index is 1100. The molecule has 29 heavy (non-hydrogen) atoms. The highest BCUT2D eigenvalue weighted by atomic mass is 16.5. The third kappa shape index (κ3) is 4.84. The van der Waals surface area contributed by atoms with Gasteiger partial charge in [0.15, 0.2) is 0 Å². The van der Waals surface area contributed by atoms with Crippen LogP contribution < -0.4 is 10.1 Å². The van der Waals surface area contributed by atoms with Crippen LogP contribution in [0, 0.1) is 0 Å². The third-order valence-electron chi connectivity index (χ3n) is 4.35. The molecule has 0 aliphatic carbocycles. The molecule has 1 heterocycles. The number of ether oxygens (including phenoxy) is 1. The van der Waals surface area contributed by atoms with Gasteiger partial charge in [-0.2, -0.15) is 0 Å². The maximum atomic E-state index is 12.9. The first-order valence-electron chi connectivity index (χ1n) is 9.25. The first-order valence-corrected chi connectivity index (χ1v) is 9.25. The minimum absolute atomic E-state index is 0.159. The predicted octanol–water partition coefficient (Wildman–Crippen LogP) is 5.11. The fourth-order valence-electron chi connectivity index (χ4n) is 3.01. The molecule has 5 heteroatoms. The molecule has 0 spiro atoms. The standard InChI is InChI=1S/C24H19N3O2/c28-24(22-12-5-4-9-19(22)15-18-7-2-1-3-8-18)27-20-10-6-11-21(16-20)29-23-17-25-13-14-26-23/h1-14,16-17H,15H2,(H,27,28). The van der Waals surface area contributed by atoms with E-state index in [0.717, 1.165) is 11.1 Å². The van der Waals surface area contributed by atoms with E-state index in [1.165, 1.54) is 6.20 Å². The Balaban J connectivity index is 1.51. The van der Waals surface area contributed by atoms with Crippen molar-refractivity contribution in [1.29, 1.82) is 0 Å². The first kappa shape index (κ1) is 18.4. The van der Waals surface area contributed by atoms with Gasteiger partial charge in [0.05, 0.1) is 6.20 Å². The van der Waals surface area contributed by atoms with E-state index < -0.39 is 0 Å².